The van der Waals surface area contributed by atoms with Crippen molar-refractivity contribution in [1.82, 2.24) is 10.2 Å². The molecule has 0 heterocycles. The van der Waals surface area contributed by atoms with Crippen LogP contribution in [0.25, 0.3) is 0 Å². The van der Waals surface area contributed by atoms with Gasteiger partial charge in [-0.3, -0.25) is 0 Å². The Kier molecular flexibility index (Phi) is 7.33. The zero-order valence-corrected chi connectivity index (χ0v) is 15.8. The van der Waals surface area contributed by atoms with Crippen molar-refractivity contribution < 1.29 is 14.6 Å². The molecule has 1 aliphatic rings. The molecule has 1 rings (SSSR count). The van der Waals surface area contributed by atoms with Crippen molar-refractivity contribution in [3.8, 4) is 0 Å². The van der Waals surface area contributed by atoms with Gasteiger partial charge in [0, 0.05) is 24.7 Å². The Hall–Kier alpha value is -0.810. The molecule has 0 aromatic carbocycles. The lowest BCUT2D eigenvalue weighted by molar-refractivity contribution is 0.00604. The third-order valence-electron chi connectivity index (χ3n) is 4.15. The minimum absolute atomic E-state index is 0.137. The van der Waals surface area contributed by atoms with Crippen LogP contribution in [0.15, 0.2) is 0 Å². The molecule has 5 heteroatoms. The van der Waals surface area contributed by atoms with Crippen LogP contribution in [0.1, 0.15) is 73.6 Å². The molecule has 136 valence electrons. The fraction of sp³-hybridized carbons (Fsp3) is 0.944. The molecule has 0 aromatic rings. The molecule has 5 nitrogen and oxygen atoms in total. The van der Waals surface area contributed by atoms with Gasteiger partial charge >= 0.3 is 6.09 Å². The van der Waals surface area contributed by atoms with E-state index in [2.05, 4.69) is 5.32 Å². The molecule has 1 aliphatic carbocycles. The van der Waals surface area contributed by atoms with Crippen LogP contribution in [0.4, 0.5) is 4.79 Å². The summed E-state index contributed by atoms with van der Waals surface area (Å²) in [5.41, 5.74) is -0.794. The third kappa shape index (κ3) is 7.53. The lowest BCUT2D eigenvalue weighted by Gasteiger charge is -2.37. The molecule has 1 fully saturated rings. The summed E-state index contributed by atoms with van der Waals surface area (Å²) < 4.78 is 5.52. The van der Waals surface area contributed by atoms with Crippen molar-refractivity contribution in [3.05, 3.63) is 0 Å². The molecule has 23 heavy (non-hydrogen) atoms. The van der Waals surface area contributed by atoms with Gasteiger partial charge in [0.05, 0.1) is 6.10 Å². The zero-order chi connectivity index (χ0) is 17.7. The summed E-state index contributed by atoms with van der Waals surface area (Å²) in [5, 5.41) is 13.6. The molecule has 0 aliphatic heterocycles. The average molecular weight is 328 g/mol. The topological polar surface area (TPSA) is 61.8 Å². The Morgan fingerprint density at radius 1 is 1.13 bits per heavy atom. The summed E-state index contributed by atoms with van der Waals surface area (Å²) in [6.45, 7) is 12.9. The Morgan fingerprint density at radius 3 is 2.30 bits per heavy atom. The van der Waals surface area contributed by atoms with Crippen LogP contribution in [-0.2, 0) is 4.74 Å². The van der Waals surface area contributed by atoms with E-state index in [-0.39, 0.29) is 23.8 Å². The highest BCUT2D eigenvalue weighted by Gasteiger charge is 2.30. The van der Waals surface area contributed by atoms with E-state index >= 15 is 0 Å². The number of amides is 1. The molecule has 0 saturated heterocycles. The fourth-order valence-electron chi connectivity index (χ4n) is 2.91. The smallest absolute Gasteiger partial charge is 0.410 e. The molecule has 2 unspecified atom stereocenters. The van der Waals surface area contributed by atoms with Crippen LogP contribution in [-0.4, -0.2) is 52.5 Å². The molecule has 2 N–H and O–H groups in total. The number of ether oxygens (including phenoxy) is 1. The molecule has 0 spiro atoms. The molecule has 1 saturated carbocycles. The maximum Gasteiger partial charge on any atom is 0.410 e. The standard InChI is InChI=1S/C18H36N2O3/c1-17(2,3)20(16(22)23-18(4,5)6)13-12-19-14-10-8-7-9-11-15(14)21/h14-15,19,21H,7-13H2,1-6H3. The van der Waals surface area contributed by atoms with E-state index in [0.29, 0.717) is 13.1 Å². The summed E-state index contributed by atoms with van der Waals surface area (Å²) in [6.07, 6.45) is 4.77. The first-order valence-corrected chi connectivity index (χ1v) is 8.93. The van der Waals surface area contributed by atoms with Crippen molar-refractivity contribution >= 4 is 6.09 Å². The average Bonchev–Trinajstić information content (AvgIpc) is 2.56. The summed E-state index contributed by atoms with van der Waals surface area (Å²) >= 11 is 0. The van der Waals surface area contributed by atoms with Gasteiger partial charge in [0.25, 0.3) is 0 Å². The van der Waals surface area contributed by atoms with Crippen LogP contribution in [0.2, 0.25) is 0 Å². The maximum atomic E-state index is 12.4. The van der Waals surface area contributed by atoms with Crippen LogP contribution in [0.5, 0.6) is 0 Å². The number of carbonyl (C=O) groups is 1. The lowest BCUT2D eigenvalue weighted by Crippen LogP contribution is -2.51. The number of carbonyl (C=O) groups excluding carboxylic acids is 1. The fourth-order valence-corrected chi connectivity index (χ4v) is 2.91. The Bertz CT molecular complexity index is 371. The van der Waals surface area contributed by atoms with Crippen molar-refractivity contribution in [2.24, 2.45) is 0 Å². The second kappa shape index (κ2) is 8.34. The van der Waals surface area contributed by atoms with E-state index < -0.39 is 5.60 Å². The van der Waals surface area contributed by atoms with Gasteiger partial charge in [0.1, 0.15) is 5.60 Å². The molecule has 0 radical (unpaired) electrons. The van der Waals surface area contributed by atoms with Gasteiger partial charge in [-0.2, -0.15) is 0 Å². The Labute approximate surface area is 141 Å². The molecular weight excluding hydrogens is 292 g/mol. The third-order valence-corrected chi connectivity index (χ3v) is 4.15. The van der Waals surface area contributed by atoms with Gasteiger partial charge in [-0.15, -0.1) is 0 Å². The van der Waals surface area contributed by atoms with E-state index in [9.17, 15) is 9.90 Å². The Morgan fingerprint density at radius 2 is 1.74 bits per heavy atom. The van der Waals surface area contributed by atoms with Gasteiger partial charge in [-0.25, -0.2) is 4.79 Å². The summed E-state index contributed by atoms with van der Waals surface area (Å²) in [7, 11) is 0. The highest BCUT2D eigenvalue weighted by molar-refractivity contribution is 5.69. The van der Waals surface area contributed by atoms with E-state index in [1.807, 2.05) is 41.5 Å². The lowest BCUT2D eigenvalue weighted by atomic mass is 10.1. The Balaban J connectivity index is 2.56. The van der Waals surface area contributed by atoms with E-state index in [0.717, 1.165) is 25.7 Å². The van der Waals surface area contributed by atoms with Crippen LogP contribution < -0.4 is 5.32 Å². The number of hydrogen-bond donors (Lipinski definition) is 2. The van der Waals surface area contributed by atoms with Gasteiger partial charge in [0.2, 0.25) is 0 Å². The van der Waals surface area contributed by atoms with E-state index in [1.165, 1.54) is 6.42 Å². The van der Waals surface area contributed by atoms with Crippen molar-refractivity contribution in [3.63, 3.8) is 0 Å². The second-order valence-corrected chi connectivity index (χ2v) is 8.57. The zero-order valence-electron chi connectivity index (χ0n) is 15.8. The van der Waals surface area contributed by atoms with Crippen LogP contribution >= 0.6 is 0 Å². The van der Waals surface area contributed by atoms with Gasteiger partial charge in [0.15, 0.2) is 0 Å². The quantitative estimate of drug-likeness (QED) is 0.777. The second-order valence-electron chi connectivity index (χ2n) is 8.57. The largest absolute Gasteiger partial charge is 0.444 e. The van der Waals surface area contributed by atoms with Gasteiger partial charge in [-0.05, 0) is 54.4 Å². The highest BCUT2D eigenvalue weighted by Crippen LogP contribution is 2.20. The first-order valence-electron chi connectivity index (χ1n) is 8.93. The minimum atomic E-state index is -0.495. The predicted molar refractivity (Wildman–Crippen MR) is 93.6 cm³/mol. The molecular formula is C18H36N2O3. The maximum absolute atomic E-state index is 12.4. The number of hydrogen-bond acceptors (Lipinski definition) is 4. The first kappa shape index (κ1) is 20.2. The van der Waals surface area contributed by atoms with Crippen LogP contribution in [0, 0.1) is 0 Å². The predicted octanol–water partition coefficient (Wildman–Crippen LogP) is 3.31. The van der Waals surface area contributed by atoms with Gasteiger partial charge in [-0.1, -0.05) is 19.3 Å². The SMILES string of the molecule is CC(C)(C)OC(=O)N(CCNC1CCCCCC1O)C(C)(C)C. The monoisotopic (exact) mass is 328 g/mol. The summed E-state index contributed by atoms with van der Waals surface area (Å²) in [6, 6.07) is 0.137. The molecule has 2 atom stereocenters. The van der Waals surface area contributed by atoms with Crippen molar-refractivity contribution in [2.75, 3.05) is 13.1 Å². The van der Waals surface area contributed by atoms with Crippen molar-refractivity contribution in [1.29, 1.82) is 0 Å². The number of aliphatic hydroxyl groups is 1. The number of rotatable bonds is 4. The van der Waals surface area contributed by atoms with E-state index in [1.54, 1.807) is 4.90 Å². The molecule has 1 amide bonds. The highest BCUT2D eigenvalue weighted by atomic mass is 16.6. The number of nitrogens with zero attached hydrogens (tertiary/aromatic N) is 1. The summed E-state index contributed by atoms with van der Waals surface area (Å²) in [5.74, 6) is 0. The van der Waals surface area contributed by atoms with Crippen LogP contribution in [0.3, 0.4) is 0 Å². The van der Waals surface area contributed by atoms with Gasteiger partial charge < -0.3 is 20.1 Å². The van der Waals surface area contributed by atoms with Crippen molar-refractivity contribution in [2.45, 2.75) is 96.9 Å². The first-order chi connectivity index (χ1) is 10.5. The van der Waals surface area contributed by atoms with E-state index in [4.69, 9.17) is 4.74 Å². The number of nitrogens with one attached hydrogen (secondary N) is 1. The summed E-state index contributed by atoms with van der Waals surface area (Å²) in [4.78, 5) is 14.2. The molecule has 0 aromatic heterocycles. The molecule has 0 bridgehead atoms. The number of aliphatic hydroxyl groups excluding tert-OH is 1. The normalized spacial score (nSPS) is 23.3. The minimum Gasteiger partial charge on any atom is -0.444 e.